The monoisotopic (exact) mass is 530 g/mol. The van der Waals surface area contributed by atoms with Crippen LogP contribution in [0.25, 0.3) is 0 Å². The van der Waals surface area contributed by atoms with Crippen molar-refractivity contribution in [2.75, 3.05) is 13.1 Å². The summed E-state index contributed by atoms with van der Waals surface area (Å²) >= 11 is 0. The number of imide groups is 2. The second-order valence-corrected chi connectivity index (χ2v) is 8.70. The number of hydrogen-bond acceptors (Lipinski definition) is 4. The number of benzene rings is 2. The molecule has 200 valence electrons. The number of allylic oxidation sites excluding steroid dienone is 4. The van der Waals surface area contributed by atoms with Gasteiger partial charge in [-0.25, -0.2) is 17.6 Å². The molecule has 2 aromatic rings. The molecule has 0 aromatic heterocycles. The fraction of sp³-hybridized carbons (Fsp3) is 0.286. The molecule has 2 aliphatic rings. The lowest BCUT2D eigenvalue weighted by atomic mass is 10.1. The summed E-state index contributed by atoms with van der Waals surface area (Å²) in [5.74, 6) is -4.88. The topological polar surface area (TPSA) is 74.8 Å². The first kappa shape index (κ1) is 28.5. The second kappa shape index (κ2) is 12.4. The molecule has 2 aromatic carbocycles. The normalized spacial score (nSPS) is 15.6. The SMILES string of the molecule is C/C(F)=C(/F)CCCN1C(=O)c2ccccc2C1=O.C/C(F)=C(\F)CCCN1C(=O)c2ccccc2C1=O. The standard InChI is InChI=1S/2C14H13F2NO2/c2*1-9(15)12(16)7-4-8-17-13(18)10-5-2-3-6-11(10)14(17)19/h2*2-3,5-6H,4,7-8H2,1H3/b12-9+;12-9-. The number of carbonyl (C=O) groups excluding carboxylic acids is 4. The van der Waals surface area contributed by atoms with Crippen LogP contribution >= 0.6 is 0 Å². The Hall–Kier alpha value is -4.08. The smallest absolute Gasteiger partial charge is 0.261 e. The van der Waals surface area contributed by atoms with Gasteiger partial charge in [0.2, 0.25) is 0 Å². The molecule has 2 aliphatic heterocycles. The molecule has 0 aliphatic carbocycles. The molecule has 10 heteroatoms. The van der Waals surface area contributed by atoms with Gasteiger partial charge in [0.1, 0.15) is 23.3 Å². The summed E-state index contributed by atoms with van der Waals surface area (Å²) in [5.41, 5.74) is 1.46. The van der Waals surface area contributed by atoms with Crippen LogP contribution in [-0.4, -0.2) is 46.5 Å². The molecular weight excluding hydrogens is 504 g/mol. The molecule has 0 bridgehead atoms. The highest BCUT2D eigenvalue weighted by Crippen LogP contribution is 2.25. The van der Waals surface area contributed by atoms with Crippen LogP contribution in [0.15, 0.2) is 71.8 Å². The molecule has 0 atom stereocenters. The molecule has 6 nitrogen and oxygen atoms in total. The van der Waals surface area contributed by atoms with Gasteiger partial charge in [0.25, 0.3) is 23.6 Å². The van der Waals surface area contributed by atoms with E-state index in [0.29, 0.717) is 22.3 Å². The third-order valence-corrected chi connectivity index (χ3v) is 6.06. The van der Waals surface area contributed by atoms with Gasteiger partial charge in [0, 0.05) is 25.9 Å². The van der Waals surface area contributed by atoms with Crippen molar-refractivity contribution in [3.63, 3.8) is 0 Å². The van der Waals surface area contributed by atoms with Crippen molar-refractivity contribution in [1.82, 2.24) is 9.80 Å². The van der Waals surface area contributed by atoms with Gasteiger partial charge >= 0.3 is 0 Å². The summed E-state index contributed by atoms with van der Waals surface area (Å²) in [6.45, 7) is 2.26. The maximum absolute atomic E-state index is 13.0. The van der Waals surface area contributed by atoms with Gasteiger partial charge in [-0.15, -0.1) is 0 Å². The predicted molar refractivity (Wildman–Crippen MR) is 132 cm³/mol. The quantitative estimate of drug-likeness (QED) is 0.290. The number of nitrogens with zero attached hydrogens (tertiary/aromatic N) is 2. The van der Waals surface area contributed by atoms with Gasteiger partial charge in [-0.1, -0.05) is 24.3 Å². The van der Waals surface area contributed by atoms with E-state index in [2.05, 4.69) is 0 Å². The first-order valence-corrected chi connectivity index (χ1v) is 12.0. The van der Waals surface area contributed by atoms with E-state index in [1.165, 1.54) is 0 Å². The highest BCUT2D eigenvalue weighted by atomic mass is 19.2. The Bertz CT molecular complexity index is 1160. The molecule has 4 amide bonds. The van der Waals surface area contributed by atoms with Gasteiger partial charge < -0.3 is 0 Å². The first-order chi connectivity index (χ1) is 18.0. The third-order valence-electron chi connectivity index (χ3n) is 6.06. The van der Waals surface area contributed by atoms with Crippen LogP contribution in [-0.2, 0) is 0 Å². The fourth-order valence-corrected chi connectivity index (χ4v) is 4.01. The summed E-state index contributed by atoms with van der Waals surface area (Å²) < 4.78 is 51.0. The molecule has 0 spiro atoms. The van der Waals surface area contributed by atoms with E-state index in [0.717, 1.165) is 23.6 Å². The number of rotatable bonds is 8. The molecule has 0 saturated carbocycles. The molecule has 4 rings (SSSR count). The van der Waals surface area contributed by atoms with E-state index in [4.69, 9.17) is 0 Å². The summed E-state index contributed by atoms with van der Waals surface area (Å²) in [5, 5.41) is 0. The summed E-state index contributed by atoms with van der Waals surface area (Å²) in [4.78, 5) is 49.9. The summed E-state index contributed by atoms with van der Waals surface area (Å²) in [6.07, 6.45) is 0.183. The Kier molecular flexibility index (Phi) is 9.33. The van der Waals surface area contributed by atoms with Crippen LogP contribution in [0.5, 0.6) is 0 Å². The van der Waals surface area contributed by atoms with Crippen LogP contribution in [0.1, 0.15) is 81.0 Å². The average molecular weight is 531 g/mol. The van der Waals surface area contributed by atoms with Crippen LogP contribution in [0.4, 0.5) is 17.6 Å². The van der Waals surface area contributed by atoms with E-state index in [-0.39, 0.29) is 62.4 Å². The van der Waals surface area contributed by atoms with E-state index < -0.39 is 23.3 Å². The second-order valence-electron chi connectivity index (χ2n) is 8.70. The van der Waals surface area contributed by atoms with Crippen LogP contribution in [0.2, 0.25) is 0 Å². The number of amides is 4. The minimum absolute atomic E-state index is 0.0903. The van der Waals surface area contributed by atoms with Crippen molar-refractivity contribution in [3.05, 3.63) is 94.1 Å². The molecule has 2 heterocycles. The first-order valence-electron chi connectivity index (χ1n) is 12.0. The highest BCUT2D eigenvalue weighted by Gasteiger charge is 2.35. The number of carbonyl (C=O) groups is 4. The number of fused-ring (bicyclic) bond motifs is 2. The van der Waals surface area contributed by atoms with Crippen molar-refractivity contribution in [1.29, 1.82) is 0 Å². The Morgan fingerprint density at radius 3 is 1.05 bits per heavy atom. The van der Waals surface area contributed by atoms with Crippen molar-refractivity contribution in [2.45, 2.75) is 39.5 Å². The molecule has 0 unspecified atom stereocenters. The molecule has 0 radical (unpaired) electrons. The van der Waals surface area contributed by atoms with Crippen molar-refractivity contribution in [2.24, 2.45) is 0 Å². The zero-order valence-electron chi connectivity index (χ0n) is 20.9. The Morgan fingerprint density at radius 1 is 0.553 bits per heavy atom. The van der Waals surface area contributed by atoms with Gasteiger partial charge in [0.05, 0.1) is 22.3 Å². The summed E-state index contributed by atoms with van der Waals surface area (Å²) in [7, 11) is 0. The van der Waals surface area contributed by atoms with Gasteiger partial charge in [-0.2, -0.15) is 0 Å². The lowest BCUT2D eigenvalue weighted by Gasteiger charge is -2.12. The Morgan fingerprint density at radius 2 is 0.816 bits per heavy atom. The van der Waals surface area contributed by atoms with Gasteiger partial charge in [-0.3, -0.25) is 29.0 Å². The van der Waals surface area contributed by atoms with E-state index >= 15 is 0 Å². The lowest BCUT2D eigenvalue weighted by Crippen LogP contribution is -2.30. The predicted octanol–water partition coefficient (Wildman–Crippen LogP) is 6.47. The van der Waals surface area contributed by atoms with Crippen molar-refractivity contribution in [3.8, 4) is 0 Å². The molecular formula is C28H26F4N2O4. The number of hydrogen-bond donors (Lipinski definition) is 0. The number of halogens is 4. The molecule has 0 fully saturated rings. The van der Waals surface area contributed by atoms with Crippen LogP contribution in [0, 0.1) is 0 Å². The maximum atomic E-state index is 13.0. The molecule has 0 N–H and O–H groups in total. The van der Waals surface area contributed by atoms with Crippen molar-refractivity contribution < 1.29 is 36.7 Å². The zero-order chi connectivity index (χ0) is 28.0. The van der Waals surface area contributed by atoms with Gasteiger partial charge in [0.15, 0.2) is 0 Å². The molecule has 0 saturated heterocycles. The Balaban J connectivity index is 0.000000211. The Labute approximate surface area is 217 Å². The van der Waals surface area contributed by atoms with E-state index in [1.807, 2.05) is 0 Å². The highest BCUT2D eigenvalue weighted by molar-refractivity contribution is 6.22. The van der Waals surface area contributed by atoms with Crippen molar-refractivity contribution >= 4 is 23.6 Å². The largest absolute Gasteiger partial charge is 0.274 e. The maximum Gasteiger partial charge on any atom is 0.261 e. The minimum Gasteiger partial charge on any atom is -0.274 e. The third kappa shape index (κ3) is 6.24. The van der Waals surface area contributed by atoms with Crippen LogP contribution in [0.3, 0.4) is 0 Å². The molecule has 38 heavy (non-hydrogen) atoms. The summed E-state index contributed by atoms with van der Waals surface area (Å²) in [6, 6.07) is 13.1. The van der Waals surface area contributed by atoms with E-state index in [9.17, 15) is 36.7 Å². The average Bonchev–Trinajstić information content (AvgIpc) is 3.29. The lowest BCUT2D eigenvalue weighted by molar-refractivity contribution is 0.0636. The minimum atomic E-state index is -0.859. The van der Waals surface area contributed by atoms with Crippen LogP contribution < -0.4 is 0 Å². The van der Waals surface area contributed by atoms with E-state index in [1.54, 1.807) is 48.5 Å². The van der Waals surface area contributed by atoms with Gasteiger partial charge in [-0.05, 0) is 51.0 Å². The fourth-order valence-electron chi connectivity index (χ4n) is 4.01. The zero-order valence-corrected chi connectivity index (χ0v) is 20.9.